The van der Waals surface area contributed by atoms with E-state index >= 15 is 0 Å². The average molecular weight is 210 g/mol. The molecule has 1 aromatic carbocycles. The first-order valence-electron chi connectivity index (χ1n) is 4.28. The van der Waals surface area contributed by atoms with E-state index in [1.54, 1.807) is 12.1 Å². The summed E-state index contributed by atoms with van der Waals surface area (Å²) in [5.74, 6) is 1.94. The molecule has 0 radical (unpaired) electrons. The van der Waals surface area contributed by atoms with Gasteiger partial charge >= 0.3 is 0 Å². The van der Waals surface area contributed by atoms with Gasteiger partial charge in [-0.05, 0) is 31.8 Å². The van der Waals surface area contributed by atoms with Crippen LogP contribution in [0.25, 0.3) is 5.57 Å². The predicted octanol–water partition coefficient (Wildman–Crippen LogP) is 2.12. The maximum Gasteiger partial charge on any atom is 0.129 e. The highest BCUT2D eigenvalue weighted by atomic mass is 35.5. The molecule has 0 heterocycles. The van der Waals surface area contributed by atoms with Crippen LogP contribution < -0.4 is 0 Å². The van der Waals surface area contributed by atoms with Gasteiger partial charge in [-0.2, -0.15) is 0 Å². The summed E-state index contributed by atoms with van der Waals surface area (Å²) in [6.07, 6.45) is 0. The first kappa shape index (κ1) is 11.0. The smallest absolute Gasteiger partial charge is 0.129 e. The van der Waals surface area contributed by atoms with Gasteiger partial charge in [0.25, 0.3) is 0 Å². The molecule has 14 heavy (non-hydrogen) atoms. The molecule has 0 aromatic heterocycles. The lowest BCUT2D eigenvalue weighted by molar-refractivity contribution is 0.462. The van der Waals surface area contributed by atoms with Gasteiger partial charge in [-0.1, -0.05) is 23.7 Å². The van der Waals surface area contributed by atoms with Gasteiger partial charge in [-0.25, -0.2) is 4.79 Å². The van der Waals surface area contributed by atoms with Gasteiger partial charge < -0.3 is 4.90 Å². The maximum absolute atomic E-state index is 10.7. The third-order valence-corrected chi connectivity index (χ3v) is 2.01. The van der Waals surface area contributed by atoms with E-state index in [4.69, 9.17) is 11.6 Å². The highest BCUT2D eigenvalue weighted by Gasteiger charge is 2.04. The van der Waals surface area contributed by atoms with E-state index in [1.165, 1.54) is 0 Å². The maximum atomic E-state index is 10.7. The van der Waals surface area contributed by atoms with E-state index in [-0.39, 0.29) is 0 Å². The summed E-state index contributed by atoms with van der Waals surface area (Å²) in [7, 11) is 3.81. The van der Waals surface area contributed by atoms with Crippen LogP contribution in [0.3, 0.4) is 0 Å². The molecular formula is C11H12ClNO. The van der Waals surface area contributed by atoms with E-state index in [1.807, 2.05) is 37.1 Å². The summed E-state index contributed by atoms with van der Waals surface area (Å²) in [5, 5.41) is 0.633. The highest BCUT2D eigenvalue weighted by molar-refractivity contribution is 6.30. The molecule has 74 valence electrons. The third-order valence-electron chi connectivity index (χ3n) is 1.77. The van der Waals surface area contributed by atoms with Crippen LogP contribution in [0.15, 0.2) is 24.3 Å². The Labute approximate surface area is 88.8 Å². The minimum atomic E-state index is 0.573. The Morgan fingerprint density at radius 2 is 2.21 bits per heavy atom. The molecule has 0 N–H and O–H groups in total. The molecule has 0 unspecified atom stereocenters. The van der Waals surface area contributed by atoms with Gasteiger partial charge in [0.15, 0.2) is 0 Å². The monoisotopic (exact) mass is 209 g/mol. The third kappa shape index (κ3) is 3.00. The Morgan fingerprint density at radius 3 is 2.71 bits per heavy atom. The molecule has 0 saturated carbocycles. The van der Waals surface area contributed by atoms with E-state index in [0.717, 1.165) is 5.56 Å². The summed E-state index contributed by atoms with van der Waals surface area (Å²) < 4.78 is 0. The Morgan fingerprint density at radius 1 is 1.50 bits per heavy atom. The number of nitrogens with zero attached hydrogens (tertiary/aromatic N) is 1. The minimum absolute atomic E-state index is 0.573. The lowest BCUT2D eigenvalue weighted by Crippen LogP contribution is -2.14. The zero-order valence-corrected chi connectivity index (χ0v) is 9.01. The number of hydrogen-bond acceptors (Lipinski definition) is 2. The van der Waals surface area contributed by atoms with Gasteiger partial charge in [-0.15, -0.1) is 0 Å². The summed E-state index contributed by atoms with van der Waals surface area (Å²) in [4.78, 5) is 12.6. The van der Waals surface area contributed by atoms with Crippen LogP contribution in [-0.2, 0) is 4.79 Å². The van der Waals surface area contributed by atoms with E-state index in [2.05, 4.69) is 0 Å². The van der Waals surface area contributed by atoms with Crippen LogP contribution >= 0.6 is 11.6 Å². The summed E-state index contributed by atoms with van der Waals surface area (Å²) in [6, 6.07) is 7.23. The second-order valence-electron chi connectivity index (χ2n) is 3.33. The van der Waals surface area contributed by atoms with E-state index < -0.39 is 0 Å². The molecule has 0 bridgehead atoms. The van der Waals surface area contributed by atoms with Crippen molar-refractivity contribution in [1.82, 2.24) is 4.90 Å². The van der Waals surface area contributed by atoms with Crippen LogP contribution in [0, 0.1) is 0 Å². The van der Waals surface area contributed by atoms with Crippen molar-refractivity contribution in [1.29, 1.82) is 0 Å². The number of rotatable bonds is 3. The van der Waals surface area contributed by atoms with Crippen molar-refractivity contribution < 1.29 is 4.79 Å². The molecule has 0 spiro atoms. The fourth-order valence-electron chi connectivity index (χ4n) is 1.17. The second-order valence-corrected chi connectivity index (χ2v) is 3.77. The first-order valence-corrected chi connectivity index (χ1v) is 4.66. The standard InChI is InChI=1S/C11H12ClNO/c1-13(2)7-10(8-14)9-4-3-5-11(12)6-9/h3-6H,7H2,1-2H3. The van der Waals surface area contributed by atoms with Gasteiger partial charge in [0.05, 0.1) is 5.57 Å². The quantitative estimate of drug-likeness (QED) is 0.711. The average Bonchev–Trinajstić information content (AvgIpc) is 2.14. The lowest BCUT2D eigenvalue weighted by Gasteiger charge is -2.10. The number of carbonyl (C=O) groups excluding carboxylic acids is 1. The van der Waals surface area contributed by atoms with Gasteiger partial charge in [-0.3, -0.25) is 0 Å². The first-order chi connectivity index (χ1) is 6.63. The molecule has 3 heteroatoms. The SMILES string of the molecule is CN(C)CC(=C=O)c1cccc(Cl)c1. The Kier molecular flexibility index (Phi) is 3.90. The molecule has 0 aliphatic heterocycles. The number of likely N-dealkylation sites (N-methyl/N-ethyl adjacent to an activating group) is 1. The summed E-state index contributed by atoms with van der Waals surface area (Å²) in [6.45, 7) is 0.573. The molecule has 1 aromatic rings. The zero-order chi connectivity index (χ0) is 10.6. The van der Waals surface area contributed by atoms with Gasteiger partial charge in [0, 0.05) is 11.6 Å². The van der Waals surface area contributed by atoms with Crippen LogP contribution in [0.1, 0.15) is 5.56 Å². The number of benzene rings is 1. The summed E-state index contributed by atoms with van der Waals surface area (Å²) in [5.41, 5.74) is 1.46. The second kappa shape index (κ2) is 4.97. The van der Waals surface area contributed by atoms with Crippen molar-refractivity contribution in [3.8, 4) is 0 Å². The molecule has 0 fully saturated rings. The highest BCUT2D eigenvalue weighted by Crippen LogP contribution is 2.17. The molecule has 0 amide bonds. The molecule has 1 rings (SSSR count). The van der Waals surface area contributed by atoms with Gasteiger partial charge in [0.1, 0.15) is 5.94 Å². The van der Waals surface area contributed by atoms with Crippen molar-refractivity contribution in [2.45, 2.75) is 0 Å². The Balaban J connectivity index is 2.96. The lowest BCUT2D eigenvalue weighted by atomic mass is 10.1. The Bertz CT molecular complexity index is 367. The van der Waals surface area contributed by atoms with Crippen molar-refractivity contribution >= 4 is 23.1 Å². The van der Waals surface area contributed by atoms with Crippen molar-refractivity contribution in [2.24, 2.45) is 0 Å². The molecule has 0 aliphatic rings. The van der Waals surface area contributed by atoms with Crippen LogP contribution in [0.2, 0.25) is 5.02 Å². The number of halogens is 1. The van der Waals surface area contributed by atoms with E-state index in [9.17, 15) is 4.79 Å². The molecule has 0 saturated heterocycles. The van der Waals surface area contributed by atoms with Crippen LogP contribution in [0.5, 0.6) is 0 Å². The van der Waals surface area contributed by atoms with E-state index in [0.29, 0.717) is 17.1 Å². The van der Waals surface area contributed by atoms with Crippen LogP contribution in [-0.4, -0.2) is 31.5 Å². The molecule has 0 aliphatic carbocycles. The largest absolute Gasteiger partial charge is 0.304 e. The molecule has 2 nitrogen and oxygen atoms in total. The fourth-order valence-corrected chi connectivity index (χ4v) is 1.37. The topological polar surface area (TPSA) is 20.3 Å². The molecule has 0 atom stereocenters. The Hall–Kier alpha value is -1.08. The van der Waals surface area contributed by atoms with Crippen LogP contribution in [0.4, 0.5) is 0 Å². The normalized spacial score (nSPS) is 10.0. The summed E-state index contributed by atoms with van der Waals surface area (Å²) >= 11 is 5.83. The zero-order valence-electron chi connectivity index (χ0n) is 8.25. The van der Waals surface area contributed by atoms with Crippen molar-refractivity contribution in [2.75, 3.05) is 20.6 Å². The molecular weight excluding hydrogens is 198 g/mol. The van der Waals surface area contributed by atoms with Gasteiger partial charge in [0.2, 0.25) is 0 Å². The van der Waals surface area contributed by atoms with Crippen molar-refractivity contribution in [3.05, 3.63) is 34.9 Å². The fraction of sp³-hybridized carbons (Fsp3) is 0.273. The minimum Gasteiger partial charge on any atom is -0.304 e. The van der Waals surface area contributed by atoms with Crippen molar-refractivity contribution in [3.63, 3.8) is 0 Å². The number of hydrogen-bond donors (Lipinski definition) is 0. The predicted molar refractivity (Wildman–Crippen MR) is 59.1 cm³/mol.